The van der Waals surface area contributed by atoms with E-state index in [1.165, 1.54) is 41.9 Å². The van der Waals surface area contributed by atoms with Crippen LogP contribution in [-0.4, -0.2) is 30.0 Å². The summed E-state index contributed by atoms with van der Waals surface area (Å²) in [5.74, 6) is 0.696. The smallest absolute Gasteiger partial charge is 0.357 e. The molecule has 1 aliphatic carbocycles. The summed E-state index contributed by atoms with van der Waals surface area (Å²) in [5, 5.41) is -0.373. The van der Waals surface area contributed by atoms with Crippen molar-refractivity contribution in [1.29, 1.82) is 0 Å². The van der Waals surface area contributed by atoms with Crippen molar-refractivity contribution in [2.45, 2.75) is 31.5 Å². The molecule has 2 N–H and O–H groups in total. The van der Waals surface area contributed by atoms with Gasteiger partial charge in [0, 0.05) is 43.3 Å². The Labute approximate surface area is 202 Å². The highest BCUT2D eigenvalue weighted by atomic mass is 35.5. The molecule has 0 amide bonds. The number of piperidine rings is 1. The van der Waals surface area contributed by atoms with E-state index in [-0.39, 0.29) is 22.0 Å². The fourth-order valence-corrected chi connectivity index (χ4v) is 5.19. The molecule has 1 atom stereocenters. The number of alkyl halides is 3. The van der Waals surface area contributed by atoms with Gasteiger partial charge in [-0.2, -0.15) is 13.2 Å². The molecule has 4 rings (SSSR count). The number of nitrogens with zero attached hydrogens (tertiary/aromatic N) is 3. The summed E-state index contributed by atoms with van der Waals surface area (Å²) >= 11 is 5.92. The van der Waals surface area contributed by atoms with E-state index < -0.39 is 11.7 Å². The molecule has 178 valence electrons. The number of benzene rings is 2. The zero-order chi connectivity index (χ0) is 24.3. The maximum atomic E-state index is 13.0. The molecule has 1 saturated heterocycles. The third-order valence-corrected chi connectivity index (χ3v) is 7.18. The normalized spacial score (nSPS) is 20.4. The third kappa shape index (κ3) is 4.81. The highest BCUT2D eigenvalue weighted by Crippen LogP contribution is 2.50. The van der Waals surface area contributed by atoms with Crippen LogP contribution in [0.5, 0.6) is 0 Å². The number of fused-ring (bicyclic) bond motifs is 1. The van der Waals surface area contributed by atoms with Crippen molar-refractivity contribution in [2.24, 2.45) is 21.1 Å². The number of halogens is 4. The summed E-state index contributed by atoms with van der Waals surface area (Å²) in [6.45, 7) is 5.28. The van der Waals surface area contributed by atoms with Crippen LogP contribution in [0.2, 0.25) is 5.02 Å². The molecule has 0 bridgehead atoms. The van der Waals surface area contributed by atoms with Crippen molar-refractivity contribution in [1.82, 2.24) is 4.90 Å². The van der Waals surface area contributed by atoms with Crippen LogP contribution in [0.4, 0.5) is 13.2 Å². The first-order chi connectivity index (χ1) is 16.2. The lowest BCUT2D eigenvalue weighted by Crippen LogP contribution is -2.46. The Bertz CT molecular complexity index is 1140. The van der Waals surface area contributed by atoms with E-state index in [2.05, 4.69) is 39.7 Å². The summed E-state index contributed by atoms with van der Waals surface area (Å²) in [6.07, 6.45) is 4.35. The molecule has 1 aliphatic heterocycles. The van der Waals surface area contributed by atoms with Crippen LogP contribution in [0.15, 0.2) is 77.5 Å². The number of likely N-dealkylation sites (tertiary alicyclic amines) is 1. The van der Waals surface area contributed by atoms with Gasteiger partial charge in [-0.15, -0.1) is 0 Å². The van der Waals surface area contributed by atoms with Gasteiger partial charge in [0.2, 0.25) is 0 Å². The van der Waals surface area contributed by atoms with Crippen LogP contribution in [0.25, 0.3) is 0 Å². The minimum absolute atomic E-state index is 0.0306. The standard InChI is InChI=1S/C26H26ClF3N4/c1-2-33-22(10-13-32-17-19-7-5-9-21(23(19)27)26(28,29)30)34-14-11-25(12-15-34)16-18-6-3-4-8-20(18)24(25)31/h2-10,13,17,24H,1,11-12,14-16,31H2/b13-10+,32-17?,33-22?/t24-/m1/s1. The molecular weight excluding hydrogens is 461 g/mol. The second-order valence-corrected chi connectivity index (χ2v) is 9.05. The topological polar surface area (TPSA) is 54.0 Å². The molecule has 2 aliphatic rings. The van der Waals surface area contributed by atoms with Gasteiger partial charge in [0.25, 0.3) is 0 Å². The molecule has 2 aromatic rings. The average molecular weight is 487 g/mol. The van der Waals surface area contributed by atoms with Crippen molar-refractivity contribution in [3.63, 3.8) is 0 Å². The first-order valence-electron chi connectivity index (χ1n) is 11.1. The van der Waals surface area contributed by atoms with Gasteiger partial charge < -0.3 is 10.6 Å². The molecule has 0 aromatic heterocycles. The van der Waals surface area contributed by atoms with Gasteiger partial charge in [0.05, 0.1) is 10.6 Å². The SMILES string of the molecule is C=CN=C(/C=C/N=Cc1cccc(C(F)(F)F)c1Cl)N1CCC2(CC1)Cc1ccccc1[C@H]2N. The van der Waals surface area contributed by atoms with Crippen molar-refractivity contribution in [2.75, 3.05) is 13.1 Å². The quantitative estimate of drug-likeness (QED) is 0.415. The van der Waals surface area contributed by atoms with Crippen LogP contribution in [0.1, 0.15) is 41.1 Å². The zero-order valence-electron chi connectivity index (χ0n) is 18.6. The first-order valence-corrected chi connectivity index (χ1v) is 11.5. The van der Waals surface area contributed by atoms with Gasteiger partial charge in [0.15, 0.2) is 0 Å². The molecule has 1 fully saturated rings. The monoisotopic (exact) mass is 486 g/mol. The maximum Gasteiger partial charge on any atom is 0.417 e. The van der Waals surface area contributed by atoms with Gasteiger partial charge in [-0.3, -0.25) is 4.99 Å². The fraction of sp³-hybridized carbons (Fsp3) is 0.308. The van der Waals surface area contributed by atoms with E-state index >= 15 is 0 Å². The maximum absolute atomic E-state index is 13.0. The Hall–Kier alpha value is -2.90. The van der Waals surface area contributed by atoms with E-state index in [1.807, 2.05) is 6.07 Å². The van der Waals surface area contributed by atoms with Crippen LogP contribution in [-0.2, 0) is 12.6 Å². The predicted molar refractivity (Wildman–Crippen MR) is 131 cm³/mol. The highest BCUT2D eigenvalue weighted by Gasteiger charge is 2.45. The number of amidine groups is 1. The Morgan fingerprint density at radius 1 is 1.15 bits per heavy atom. The molecule has 1 spiro atoms. The van der Waals surface area contributed by atoms with E-state index in [1.54, 1.807) is 6.08 Å². The number of aliphatic imine (C=N–C) groups is 2. The number of rotatable bonds is 4. The van der Waals surface area contributed by atoms with Crippen molar-refractivity contribution in [3.05, 3.63) is 94.8 Å². The molecule has 0 unspecified atom stereocenters. The van der Waals surface area contributed by atoms with Crippen LogP contribution < -0.4 is 5.73 Å². The van der Waals surface area contributed by atoms with Gasteiger partial charge >= 0.3 is 6.18 Å². The molecule has 1 heterocycles. The van der Waals surface area contributed by atoms with Gasteiger partial charge in [-0.25, -0.2) is 4.99 Å². The largest absolute Gasteiger partial charge is 0.417 e. The van der Waals surface area contributed by atoms with Gasteiger partial charge in [0.1, 0.15) is 5.84 Å². The van der Waals surface area contributed by atoms with E-state index in [0.29, 0.717) is 5.84 Å². The molecule has 0 saturated carbocycles. The molecule has 0 radical (unpaired) electrons. The lowest BCUT2D eigenvalue weighted by Gasteiger charge is -2.42. The third-order valence-electron chi connectivity index (χ3n) is 6.76. The Balaban J connectivity index is 1.43. The number of nitrogens with two attached hydrogens (primary N) is 1. The Morgan fingerprint density at radius 2 is 1.88 bits per heavy atom. The zero-order valence-corrected chi connectivity index (χ0v) is 19.4. The fourth-order valence-electron chi connectivity index (χ4n) is 4.91. The van der Waals surface area contributed by atoms with Crippen LogP contribution in [0, 0.1) is 5.41 Å². The minimum atomic E-state index is -4.52. The van der Waals surface area contributed by atoms with Gasteiger partial charge in [-0.05, 0) is 47.9 Å². The lowest BCUT2D eigenvalue weighted by atomic mass is 9.73. The Kier molecular flexibility index (Phi) is 6.96. The first kappa shape index (κ1) is 24.2. The highest BCUT2D eigenvalue weighted by molar-refractivity contribution is 6.34. The molecule has 8 heteroatoms. The molecular formula is C26H26ClF3N4. The Morgan fingerprint density at radius 3 is 2.56 bits per heavy atom. The summed E-state index contributed by atoms with van der Waals surface area (Å²) in [7, 11) is 0. The van der Waals surface area contributed by atoms with Crippen molar-refractivity contribution in [3.8, 4) is 0 Å². The minimum Gasteiger partial charge on any atom is -0.357 e. The number of hydrogen-bond acceptors (Lipinski definition) is 3. The van der Waals surface area contributed by atoms with E-state index in [4.69, 9.17) is 17.3 Å². The van der Waals surface area contributed by atoms with Crippen molar-refractivity contribution < 1.29 is 13.2 Å². The molecule has 34 heavy (non-hydrogen) atoms. The van der Waals surface area contributed by atoms with E-state index in [0.717, 1.165) is 38.4 Å². The molecule has 4 nitrogen and oxygen atoms in total. The summed E-state index contributed by atoms with van der Waals surface area (Å²) in [6, 6.07) is 12.2. The van der Waals surface area contributed by atoms with Crippen LogP contribution >= 0.6 is 11.6 Å². The van der Waals surface area contributed by atoms with Gasteiger partial charge in [-0.1, -0.05) is 54.6 Å². The number of hydrogen-bond donors (Lipinski definition) is 1. The predicted octanol–water partition coefficient (Wildman–Crippen LogP) is 6.17. The average Bonchev–Trinajstić information content (AvgIpc) is 3.08. The summed E-state index contributed by atoms with van der Waals surface area (Å²) in [5.41, 5.74) is 8.61. The summed E-state index contributed by atoms with van der Waals surface area (Å²) < 4.78 is 39.1. The second-order valence-electron chi connectivity index (χ2n) is 8.67. The lowest BCUT2D eigenvalue weighted by molar-refractivity contribution is -0.137. The molecule has 2 aromatic carbocycles. The van der Waals surface area contributed by atoms with Crippen LogP contribution in [0.3, 0.4) is 0 Å². The summed E-state index contributed by atoms with van der Waals surface area (Å²) in [4.78, 5) is 10.7. The van der Waals surface area contributed by atoms with Crippen molar-refractivity contribution >= 4 is 23.7 Å². The second kappa shape index (κ2) is 9.76. The van der Waals surface area contributed by atoms with E-state index in [9.17, 15) is 13.2 Å².